The average Bonchev–Trinajstić information content (AvgIpc) is 3.08. The minimum Gasteiger partial charge on any atom is -0.343 e. The van der Waals surface area contributed by atoms with Gasteiger partial charge in [0.15, 0.2) is 0 Å². The van der Waals surface area contributed by atoms with Gasteiger partial charge in [0.25, 0.3) is 15.8 Å². The van der Waals surface area contributed by atoms with Crippen LogP contribution in [0.3, 0.4) is 0 Å². The third kappa shape index (κ3) is 15.0. The van der Waals surface area contributed by atoms with E-state index in [9.17, 15) is 90.4 Å². The maximum Gasteiger partial charge on any atom is 0.471 e. The fourth-order valence-corrected chi connectivity index (χ4v) is 5.59. The lowest BCUT2D eigenvalue weighted by molar-refractivity contribution is -0.384. The number of nitrogens with zero attached hydrogens (tertiary/aromatic N) is 4. The summed E-state index contributed by atoms with van der Waals surface area (Å²) in [5.74, 6) is -11.4. The Morgan fingerprint density at radius 2 is 1.11 bits per heavy atom. The van der Waals surface area contributed by atoms with Crippen LogP contribution in [0.25, 0.3) is 0 Å². The Morgan fingerprint density at radius 3 is 1.53 bits per heavy atom. The van der Waals surface area contributed by atoms with Gasteiger partial charge in [-0.3, -0.25) is 33.5 Å². The van der Waals surface area contributed by atoms with Crippen LogP contribution < -0.4 is 5.32 Å². The van der Waals surface area contributed by atoms with Crippen molar-refractivity contribution in [2.75, 3.05) is 45.9 Å². The van der Waals surface area contributed by atoms with Crippen molar-refractivity contribution in [3.63, 3.8) is 0 Å². The van der Waals surface area contributed by atoms with Crippen LogP contribution in [0.2, 0.25) is 0 Å². The van der Waals surface area contributed by atoms with Gasteiger partial charge < -0.3 is 20.0 Å². The first-order chi connectivity index (χ1) is 25.9. The number of amides is 4. The topological polar surface area (TPSA) is 177 Å². The highest BCUT2D eigenvalue weighted by molar-refractivity contribution is 7.86. The third-order valence-corrected chi connectivity index (χ3v) is 8.77. The van der Waals surface area contributed by atoms with Crippen molar-refractivity contribution in [3.8, 4) is 0 Å². The van der Waals surface area contributed by atoms with Crippen molar-refractivity contribution in [1.82, 2.24) is 20.0 Å². The predicted octanol–water partition coefficient (Wildman–Crippen LogP) is 4.07. The first-order valence-corrected chi connectivity index (χ1v) is 17.0. The van der Waals surface area contributed by atoms with Crippen LogP contribution in [-0.4, -0.2) is 128 Å². The summed E-state index contributed by atoms with van der Waals surface area (Å²) >= 11 is 0. The molecule has 1 N–H and O–H groups in total. The van der Waals surface area contributed by atoms with E-state index >= 15 is 0 Å². The number of carbonyl (C=O) groups is 4. The van der Waals surface area contributed by atoms with Crippen LogP contribution in [-0.2, 0) is 39.9 Å². The van der Waals surface area contributed by atoms with E-state index in [4.69, 9.17) is 0 Å². The molecule has 0 aliphatic carbocycles. The highest BCUT2D eigenvalue weighted by Gasteiger charge is 2.47. The van der Waals surface area contributed by atoms with Gasteiger partial charge in [-0.1, -0.05) is 29.8 Å². The number of alkyl halides is 12. The number of aryl methyl sites for hydroxylation is 1. The summed E-state index contributed by atoms with van der Waals surface area (Å²) in [5.41, 5.74) is -0.116. The normalized spacial score (nSPS) is 13.1. The van der Waals surface area contributed by atoms with Crippen molar-refractivity contribution in [3.05, 3.63) is 69.8 Å². The van der Waals surface area contributed by atoms with Crippen LogP contribution in [0.5, 0.6) is 0 Å². The molecule has 0 radical (unpaired) electrons. The molecule has 0 saturated heterocycles. The largest absolute Gasteiger partial charge is 0.471 e. The SMILES string of the molecule is Cc1ccc(S(=O)(=O)OCCN(CCN(CCN(CC(Cc2ccc([N+](=O)[O-])cc2)NC(=O)C(F)(F)F)C(=O)C(F)(F)F)C(=O)C(F)(F)F)C(=O)C(F)(F)F)cc1. The summed E-state index contributed by atoms with van der Waals surface area (Å²) in [4.78, 5) is 56.8. The molecule has 0 heterocycles. The second-order valence-corrected chi connectivity index (χ2v) is 13.3. The van der Waals surface area contributed by atoms with E-state index in [1.807, 2.05) is 0 Å². The number of halogens is 12. The van der Waals surface area contributed by atoms with Crippen LogP contribution in [0.15, 0.2) is 53.4 Å². The molecule has 0 spiro atoms. The quantitative estimate of drug-likeness (QED) is 0.106. The van der Waals surface area contributed by atoms with Gasteiger partial charge in [0.2, 0.25) is 0 Å². The van der Waals surface area contributed by atoms with Gasteiger partial charge >= 0.3 is 48.3 Å². The van der Waals surface area contributed by atoms with Crippen LogP contribution >= 0.6 is 0 Å². The highest BCUT2D eigenvalue weighted by Crippen LogP contribution is 2.24. The number of non-ortho nitro benzene ring substituents is 1. The highest BCUT2D eigenvalue weighted by atomic mass is 32.2. The molecular formula is C30H29F12N5O9S. The Morgan fingerprint density at radius 1 is 0.684 bits per heavy atom. The fraction of sp³-hybridized carbons (Fsp3) is 0.467. The van der Waals surface area contributed by atoms with Crippen molar-refractivity contribution >= 4 is 39.4 Å². The Kier molecular flexibility index (Phi) is 15.8. The van der Waals surface area contributed by atoms with Crippen molar-refractivity contribution < 1.29 is 89.4 Å². The number of carbonyl (C=O) groups excluding carboxylic acids is 4. The number of hydrogen-bond donors (Lipinski definition) is 1. The molecule has 0 fully saturated rings. The Balaban J connectivity index is 2.41. The molecule has 57 heavy (non-hydrogen) atoms. The van der Waals surface area contributed by atoms with E-state index in [0.717, 1.165) is 36.4 Å². The number of nitro groups is 1. The zero-order valence-corrected chi connectivity index (χ0v) is 29.6. The first-order valence-electron chi connectivity index (χ1n) is 15.6. The summed E-state index contributed by atoms with van der Waals surface area (Å²) in [6.45, 7) is -8.79. The third-order valence-electron chi connectivity index (χ3n) is 7.44. The van der Waals surface area contributed by atoms with Gasteiger partial charge in [-0.2, -0.15) is 61.1 Å². The molecule has 0 aromatic heterocycles. The van der Waals surface area contributed by atoms with Crippen LogP contribution in [0.1, 0.15) is 11.1 Å². The summed E-state index contributed by atoms with van der Waals surface area (Å²) < 4.78 is 190. The number of rotatable bonds is 17. The van der Waals surface area contributed by atoms with E-state index in [1.54, 1.807) is 6.92 Å². The summed E-state index contributed by atoms with van der Waals surface area (Å²) in [5, 5.41) is 12.2. The van der Waals surface area contributed by atoms with E-state index in [0.29, 0.717) is 5.56 Å². The molecule has 318 valence electrons. The number of benzene rings is 2. The molecule has 2 aromatic rings. The monoisotopic (exact) mass is 863 g/mol. The molecule has 1 unspecified atom stereocenters. The molecule has 0 aliphatic heterocycles. The zero-order chi connectivity index (χ0) is 43.7. The molecule has 0 bridgehead atoms. The fourth-order valence-electron chi connectivity index (χ4n) is 4.69. The molecule has 1 atom stereocenters. The zero-order valence-electron chi connectivity index (χ0n) is 28.8. The summed E-state index contributed by atoms with van der Waals surface area (Å²) in [6, 6.07) is 6.08. The number of nitrogens with one attached hydrogen (secondary N) is 1. The summed E-state index contributed by atoms with van der Waals surface area (Å²) in [6.07, 6.45) is -24.1. The summed E-state index contributed by atoms with van der Waals surface area (Å²) in [7, 11) is -4.67. The second-order valence-electron chi connectivity index (χ2n) is 11.7. The minimum absolute atomic E-state index is 0.161. The van der Waals surface area contributed by atoms with Crippen molar-refractivity contribution in [2.45, 2.75) is 49.0 Å². The predicted molar refractivity (Wildman–Crippen MR) is 167 cm³/mol. The van der Waals surface area contributed by atoms with E-state index in [2.05, 4.69) is 4.18 Å². The molecular weight excluding hydrogens is 834 g/mol. The van der Waals surface area contributed by atoms with Gasteiger partial charge in [0.1, 0.15) is 0 Å². The molecule has 27 heteroatoms. The molecule has 0 aliphatic rings. The standard InChI is InChI=1S/C30H29F12N5O9S/c1-18-2-8-22(9-3-18)57(54,55)56-15-14-45(25(50)29(37,38)39)11-10-44(24(49)28(34,35)36)12-13-46(26(51)30(40,41)42)17-20(43-23(48)27(31,32)33)16-19-4-6-21(7-5-19)47(52)53/h2-9,20H,10-17H2,1H3,(H,43,48). The Hall–Kier alpha value is -5.21. The van der Waals surface area contributed by atoms with Gasteiger partial charge in [-0.05, 0) is 31.0 Å². The lowest BCUT2D eigenvalue weighted by atomic mass is 10.0. The Labute approximate surface area is 313 Å². The molecule has 2 rings (SSSR count). The van der Waals surface area contributed by atoms with Crippen molar-refractivity contribution in [2.24, 2.45) is 0 Å². The average molecular weight is 864 g/mol. The molecule has 2 aromatic carbocycles. The number of nitro benzene ring substituents is 1. The molecule has 4 amide bonds. The maximum absolute atomic E-state index is 13.6. The van der Waals surface area contributed by atoms with E-state index < -0.39 is 142 Å². The van der Waals surface area contributed by atoms with Gasteiger partial charge in [-0.25, -0.2) is 0 Å². The Bertz CT molecular complexity index is 1850. The maximum atomic E-state index is 13.6. The van der Waals surface area contributed by atoms with Gasteiger partial charge in [0.05, 0.1) is 22.5 Å². The second kappa shape index (κ2) is 18.8. The molecule has 14 nitrogen and oxygen atoms in total. The lowest BCUT2D eigenvalue weighted by Crippen LogP contribution is -2.55. The van der Waals surface area contributed by atoms with Gasteiger partial charge in [-0.15, -0.1) is 0 Å². The molecule has 0 saturated carbocycles. The van der Waals surface area contributed by atoms with Crippen LogP contribution in [0, 0.1) is 17.0 Å². The van der Waals surface area contributed by atoms with E-state index in [1.165, 1.54) is 17.4 Å². The van der Waals surface area contributed by atoms with E-state index in [-0.39, 0.29) is 10.5 Å². The first kappa shape index (κ1) is 47.9. The van der Waals surface area contributed by atoms with Crippen molar-refractivity contribution in [1.29, 1.82) is 0 Å². The number of hydrogen-bond acceptors (Lipinski definition) is 9. The lowest BCUT2D eigenvalue weighted by Gasteiger charge is -2.33. The minimum atomic E-state index is -5.89. The van der Waals surface area contributed by atoms with Crippen LogP contribution in [0.4, 0.5) is 58.4 Å². The smallest absolute Gasteiger partial charge is 0.343 e. The van der Waals surface area contributed by atoms with Gasteiger partial charge in [0, 0.05) is 51.4 Å².